The number of likely N-dealkylation sites (tertiary alicyclic amines) is 1. The van der Waals surface area contributed by atoms with Crippen molar-refractivity contribution in [1.82, 2.24) is 15.2 Å². The summed E-state index contributed by atoms with van der Waals surface area (Å²) in [5, 5.41) is 14.4. The van der Waals surface area contributed by atoms with Gasteiger partial charge in [0, 0.05) is 18.8 Å². The van der Waals surface area contributed by atoms with Crippen LogP contribution in [-0.2, 0) is 0 Å². The lowest BCUT2D eigenvalue weighted by Gasteiger charge is -2.26. The first-order valence-electron chi connectivity index (χ1n) is 7.26. The zero-order chi connectivity index (χ0) is 15.2. The van der Waals surface area contributed by atoms with Crippen molar-refractivity contribution in [3.63, 3.8) is 0 Å². The highest BCUT2D eigenvalue weighted by molar-refractivity contribution is 5.99. The van der Waals surface area contributed by atoms with Crippen molar-refractivity contribution in [3.8, 4) is 0 Å². The van der Waals surface area contributed by atoms with E-state index in [9.17, 15) is 9.59 Å². The molecule has 0 aromatic carbocycles. The smallest absolute Gasteiger partial charge is 0.354 e. The highest BCUT2D eigenvalue weighted by Crippen LogP contribution is 2.16. The van der Waals surface area contributed by atoms with Crippen LogP contribution >= 0.6 is 0 Å². The van der Waals surface area contributed by atoms with Gasteiger partial charge in [0.25, 0.3) is 0 Å². The quantitative estimate of drug-likeness (QED) is 0.663. The van der Waals surface area contributed by atoms with Gasteiger partial charge in [0.15, 0.2) is 0 Å². The Hall–Kier alpha value is -2.02. The number of nitrogens with one attached hydrogen (secondary N) is 3. The van der Waals surface area contributed by atoms with Crippen molar-refractivity contribution in [3.05, 3.63) is 17.5 Å². The van der Waals surface area contributed by atoms with Crippen molar-refractivity contribution in [2.24, 2.45) is 0 Å². The molecule has 2 rings (SSSR count). The van der Waals surface area contributed by atoms with Gasteiger partial charge in [0.1, 0.15) is 5.69 Å². The first-order valence-corrected chi connectivity index (χ1v) is 7.26. The summed E-state index contributed by atoms with van der Waals surface area (Å²) >= 11 is 0. The van der Waals surface area contributed by atoms with Crippen LogP contribution in [0, 0.1) is 6.92 Å². The van der Waals surface area contributed by atoms with Crippen molar-refractivity contribution < 1.29 is 14.7 Å². The van der Waals surface area contributed by atoms with E-state index in [1.165, 1.54) is 19.3 Å². The van der Waals surface area contributed by atoms with Gasteiger partial charge in [-0.25, -0.2) is 9.59 Å². The fraction of sp³-hybridized carbons (Fsp3) is 0.571. The number of carboxylic acids is 1. The first kappa shape index (κ1) is 15.4. The maximum absolute atomic E-state index is 11.8. The number of amides is 2. The van der Waals surface area contributed by atoms with Gasteiger partial charge in [-0.3, -0.25) is 0 Å². The van der Waals surface area contributed by atoms with E-state index in [1.54, 1.807) is 13.0 Å². The molecule has 1 aromatic rings. The maximum Gasteiger partial charge on any atom is 0.354 e. The molecule has 0 bridgehead atoms. The lowest BCUT2D eigenvalue weighted by Crippen LogP contribution is -2.39. The van der Waals surface area contributed by atoms with Crippen molar-refractivity contribution in [2.45, 2.75) is 26.2 Å². The molecule has 0 atom stereocenters. The Morgan fingerprint density at radius 3 is 2.71 bits per heavy atom. The van der Waals surface area contributed by atoms with E-state index in [1.807, 2.05) is 0 Å². The molecule has 0 unspecified atom stereocenters. The average Bonchev–Trinajstić information content (AvgIpc) is 2.81. The zero-order valence-electron chi connectivity index (χ0n) is 12.2. The number of rotatable bonds is 5. The monoisotopic (exact) mass is 294 g/mol. The normalized spacial score (nSPS) is 15.7. The molecule has 2 amide bonds. The molecule has 7 nitrogen and oxygen atoms in total. The fourth-order valence-corrected chi connectivity index (χ4v) is 2.53. The largest absolute Gasteiger partial charge is 0.477 e. The summed E-state index contributed by atoms with van der Waals surface area (Å²) in [4.78, 5) is 27.9. The highest BCUT2D eigenvalue weighted by Gasteiger charge is 2.15. The summed E-state index contributed by atoms with van der Waals surface area (Å²) in [6.07, 6.45) is 3.73. The predicted molar refractivity (Wildman–Crippen MR) is 79.8 cm³/mol. The number of urea groups is 1. The minimum absolute atomic E-state index is 0.00122. The molecule has 1 aliphatic heterocycles. The second-order valence-corrected chi connectivity index (χ2v) is 5.33. The van der Waals surface area contributed by atoms with Crippen molar-refractivity contribution >= 4 is 17.7 Å². The van der Waals surface area contributed by atoms with E-state index in [2.05, 4.69) is 20.5 Å². The highest BCUT2D eigenvalue weighted by atomic mass is 16.4. The van der Waals surface area contributed by atoms with Crippen LogP contribution in [-0.4, -0.2) is 53.2 Å². The molecule has 1 saturated heterocycles. The van der Waals surface area contributed by atoms with Gasteiger partial charge >= 0.3 is 12.0 Å². The first-order chi connectivity index (χ1) is 10.1. The molecular weight excluding hydrogens is 272 g/mol. The van der Waals surface area contributed by atoms with Crippen LogP contribution in [0.4, 0.5) is 10.5 Å². The third-order valence-electron chi connectivity index (χ3n) is 3.58. The van der Waals surface area contributed by atoms with E-state index in [4.69, 9.17) is 5.11 Å². The molecule has 0 spiro atoms. The number of carbonyl (C=O) groups excluding carboxylic acids is 1. The number of carboxylic acid groups (broad SMARTS) is 1. The Morgan fingerprint density at radius 2 is 2.05 bits per heavy atom. The Labute approximate surface area is 123 Å². The number of aromatic nitrogens is 1. The third kappa shape index (κ3) is 4.49. The number of anilines is 1. The van der Waals surface area contributed by atoms with Crippen molar-refractivity contribution in [1.29, 1.82) is 0 Å². The molecule has 0 radical (unpaired) electrons. The SMILES string of the molecule is Cc1cc(NC(=O)NCCN2CCCCC2)c(C(=O)O)[nH]1. The standard InChI is InChI=1S/C14H22N4O3/c1-10-9-11(12(16-10)13(19)20)17-14(21)15-5-8-18-6-3-2-4-7-18/h9,16H,2-8H2,1H3,(H,19,20)(H2,15,17,21). The molecule has 0 saturated carbocycles. The van der Waals surface area contributed by atoms with E-state index >= 15 is 0 Å². The molecular formula is C14H22N4O3. The summed E-state index contributed by atoms with van der Waals surface area (Å²) in [5.41, 5.74) is 0.977. The van der Waals surface area contributed by atoms with Gasteiger partial charge in [-0.2, -0.15) is 0 Å². The lowest BCUT2D eigenvalue weighted by atomic mass is 10.1. The summed E-state index contributed by atoms with van der Waals surface area (Å²) < 4.78 is 0. The molecule has 7 heteroatoms. The summed E-state index contributed by atoms with van der Waals surface area (Å²) in [6, 6.07) is 1.22. The number of hydrogen-bond acceptors (Lipinski definition) is 3. The third-order valence-corrected chi connectivity index (χ3v) is 3.58. The fourth-order valence-electron chi connectivity index (χ4n) is 2.53. The second kappa shape index (κ2) is 7.12. The number of aryl methyl sites for hydroxylation is 1. The van der Waals surface area contributed by atoms with Crippen LogP contribution in [0.5, 0.6) is 0 Å². The molecule has 21 heavy (non-hydrogen) atoms. The van der Waals surface area contributed by atoms with Gasteiger partial charge in [-0.05, 0) is 38.9 Å². The number of aromatic carboxylic acids is 1. The number of nitrogens with zero attached hydrogens (tertiary/aromatic N) is 1. The minimum atomic E-state index is -1.09. The Kier molecular flexibility index (Phi) is 5.21. The van der Waals surface area contributed by atoms with Crippen LogP contribution < -0.4 is 10.6 Å². The van der Waals surface area contributed by atoms with Crippen LogP contribution in [0.25, 0.3) is 0 Å². The minimum Gasteiger partial charge on any atom is -0.477 e. The number of hydrogen-bond donors (Lipinski definition) is 4. The van der Waals surface area contributed by atoms with Crippen LogP contribution in [0.2, 0.25) is 0 Å². The average molecular weight is 294 g/mol. The predicted octanol–water partition coefficient (Wildman–Crippen LogP) is 1.63. The number of piperidine rings is 1. The van der Waals surface area contributed by atoms with Gasteiger partial charge in [-0.1, -0.05) is 6.42 Å². The van der Waals surface area contributed by atoms with E-state index in [0.29, 0.717) is 12.2 Å². The summed E-state index contributed by atoms with van der Waals surface area (Å²) in [5.74, 6) is -1.09. The Morgan fingerprint density at radius 1 is 1.33 bits per heavy atom. The molecule has 4 N–H and O–H groups in total. The van der Waals surface area contributed by atoms with Crippen molar-refractivity contribution in [2.75, 3.05) is 31.5 Å². The van der Waals surface area contributed by atoms with Gasteiger partial charge in [0.2, 0.25) is 0 Å². The molecule has 1 aliphatic rings. The maximum atomic E-state index is 11.8. The Balaban J connectivity index is 1.77. The zero-order valence-corrected chi connectivity index (χ0v) is 12.2. The lowest BCUT2D eigenvalue weighted by molar-refractivity contribution is 0.0692. The molecule has 0 aliphatic carbocycles. The van der Waals surface area contributed by atoms with Gasteiger partial charge in [-0.15, -0.1) is 0 Å². The topological polar surface area (TPSA) is 97.5 Å². The van der Waals surface area contributed by atoms with Gasteiger partial charge in [0.05, 0.1) is 5.69 Å². The molecule has 116 valence electrons. The van der Waals surface area contributed by atoms with Crippen LogP contribution in [0.15, 0.2) is 6.07 Å². The second-order valence-electron chi connectivity index (χ2n) is 5.33. The molecule has 1 aromatic heterocycles. The van der Waals surface area contributed by atoms with E-state index in [0.717, 1.165) is 19.6 Å². The van der Waals surface area contributed by atoms with E-state index < -0.39 is 5.97 Å². The Bertz CT molecular complexity index is 506. The summed E-state index contributed by atoms with van der Waals surface area (Å²) in [6.45, 7) is 5.29. The molecule has 2 heterocycles. The number of carbonyl (C=O) groups is 2. The van der Waals surface area contributed by atoms with Crippen LogP contribution in [0.3, 0.4) is 0 Å². The number of aromatic amines is 1. The van der Waals surface area contributed by atoms with Crippen LogP contribution in [0.1, 0.15) is 35.4 Å². The summed E-state index contributed by atoms with van der Waals surface area (Å²) in [7, 11) is 0. The van der Waals surface area contributed by atoms with E-state index in [-0.39, 0.29) is 17.4 Å². The number of H-pyrrole nitrogens is 1. The van der Waals surface area contributed by atoms with Gasteiger partial charge < -0.3 is 25.6 Å². The molecule has 1 fully saturated rings.